The first-order valence-corrected chi connectivity index (χ1v) is 14.6. The fourth-order valence-corrected chi connectivity index (χ4v) is 5.11. The number of quaternary nitrogens is 1. The van der Waals surface area contributed by atoms with Gasteiger partial charge in [0.05, 0.1) is 31.7 Å². The van der Waals surface area contributed by atoms with Crippen LogP contribution in [0.5, 0.6) is 0 Å². The number of anilines is 1. The molecule has 0 radical (unpaired) electrons. The lowest BCUT2D eigenvalue weighted by Crippen LogP contribution is -2.93. The molecular weight excluding hydrogens is 554 g/mol. The zero-order valence-corrected chi connectivity index (χ0v) is 24.5. The summed E-state index contributed by atoms with van der Waals surface area (Å²) in [6.07, 6.45) is 7.43. The van der Waals surface area contributed by atoms with E-state index in [2.05, 4.69) is 36.3 Å². The van der Waals surface area contributed by atoms with Gasteiger partial charge in [-0.2, -0.15) is 5.43 Å². The molecule has 1 aliphatic heterocycles. The molecule has 42 heavy (non-hydrogen) atoms. The second kappa shape index (κ2) is 15.5. The van der Waals surface area contributed by atoms with Crippen molar-refractivity contribution in [2.24, 2.45) is 0 Å². The Hall–Kier alpha value is -4.55. The monoisotopic (exact) mass is 590 g/mol. The quantitative estimate of drug-likeness (QED) is 0.152. The number of amides is 3. The highest BCUT2D eigenvalue weighted by Crippen LogP contribution is 2.19. The van der Waals surface area contributed by atoms with E-state index in [4.69, 9.17) is 0 Å². The summed E-state index contributed by atoms with van der Waals surface area (Å²) < 4.78 is 4.65. The van der Waals surface area contributed by atoms with E-state index in [0.29, 0.717) is 11.6 Å². The highest BCUT2D eigenvalue weighted by atomic mass is 32.1. The zero-order chi connectivity index (χ0) is 29.7. The fraction of sp³-hybridized carbons (Fsp3) is 0.300. The zero-order valence-electron chi connectivity index (χ0n) is 23.7. The highest BCUT2D eigenvalue weighted by molar-refractivity contribution is 7.15. The van der Waals surface area contributed by atoms with Crippen molar-refractivity contribution >= 4 is 34.4 Å². The number of unbranched alkanes of at least 4 members (excludes halogenated alkanes) is 1. The van der Waals surface area contributed by atoms with Gasteiger partial charge < -0.3 is 15.4 Å². The van der Waals surface area contributed by atoms with E-state index in [0.717, 1.165) is 58.9 Å². The normalized spacial score (nSPS) is 13.2. The molecule has 2 aromatic carbocycles. The number of benzene rings is 2. The molecule has 6 N–H and O–H groups in total. The first-order valence-electron chi connectivity index (χ1n) is 13.8. The van der Waals surface area contributed by atoms with Crippen LogP contribution in [0.4, 0.5) is 9.93 Å². The number of hydrogen-bond acceptors (Lipinski definition) is 8. The number of methoxy groups -OCH3 is 1. The summed E-state index contributed by atoms with van der Waals surface area (Å²) >= 11 is 1.38. The van der Waals surface area contributed by atoms with E-state index in [1.807, 2.05) is 79.1 Å². The summed E-state index contributed by atoms with van der Waals surface area (Å²) in [5.41, 5.74) is 8.84. The van der Waals surface area contributed by atoms with E-state index in [9.17, 15) is 14.4 Å². The number of nitrogens with one attached hydrogen (secondary N) is 4. The lowest BCUT2D eigenvalue weighted by molar-refractivity contribution is -0.664. The van der Waals surface area contributed by atoms with Crippen molar-refractivity contribution in [2.45, 2.75) is 51.5 Å². The summed E-state index contributed by atoms with van der Waals surface area (Å²) in [5, 5.41) is 18.2. The lowest BCUT2D eigenvalue weighted by Gasteiger charge is -2.15. The molecule has 0 saturated heterocycles. The Morgan fingerprint density at radius 2 is 1.67 bits per heavy atom. The van der Waals surface area contributed by atoms with Crippen LogP contribution in [-0.4, -0.2) is 35.2 Å². The first kappa shape index (κ1) is 30.4. The van der Waals surface area contributed by atoms with Crippen molar-refractivity contribution in [3.8, 4) is 0 Å². The van der Waals surface area contributed by atoms with Gasteiger partial charge in [0, 0.05) is 12.5 Å². The molecule has 3 aromatic rings. The fourth-order valence-electron chi connectivity index (χ4n) is 4.31. The SMILES string of the molecule is COC(=O)NC(C)c1cccc(CC(=O)Nc2nnc(CCCCC3=CC=C(NC(=O)Cc4ccccc4)[NH2+]N3)s2)c1. The predicted molar refractivity (Wildman–Crippen MR) is 160 cm³/mol. The minimum Gasteiger partial charge on any atom is -0.453 e. The summed E-state index contributed by atoms with van der Waals surface area (Å²) in [7, 11) is 1.32. The molecule has 0 saturated carbocycles. The van der Waals surface area contributed by atoms with Gasteiger partial charge in [0.25, 0.3) is 0 Å². The number of allylic oxidation sites excluding steroid dienone is 3. The molecule has 220 valence electrons. The van der Waals surface area contributed by atoms with E-state index < -0.39 is 6.09 Å². The molecule has 1 aliphatic rings. The third-order valence-electron chi connectivity index (χ3n) is 6.50. The van der Waals surface area contributed by atoms with Gasteiger partial charge in [0.1, 0.15) is 5.01 Å². The van der Waals surface area contributed by atoms with Gasteiger partial charge in [0.2, 0.25) is 22.8 Å². The Morgan fingerprint density at radius 3 is 2.43 bits per heavy atom. The Balaban J connectivity index is 1.15. The van der Waals surface area contributed by atoms with Crippen molar-refractivity contribution in [3.05, 3.63) is 100.0 Å². The van der Waals surface area contributed by atoms with E-state index in [1.54, 1.807) is 0 Å². The topological polar surface area (TPSA) is 151 Å². The second-order valence-electron chi connectivity index (χ2n) is 9.85. The summed E-state index contributed by atoms with van der Waals surface area (Å²) in [6.45, 7) is 1.85. The van der Waals surface area contributed by atoms with Crippen molar-refractivity contribution in [1.29, 1.82) is 0 Å². The molecule has 2 heterocycles. The maximum atomic E-state index is 12.6. The number of carbonyl (C=O) groups excluding carboxylic acids is 3. The number of nitrogens with two attached hydrogens (primary N) is 1. The van der Waals surface area contributed by atoms with Crippen LogP contribution in [0.15, 0.2) is 78.3 Å². The highest BCUT2D eigenvalue weighted by Gasteiger charge is 2.14. The van der Waals surface area contributed by atoms with E-state index in [-0.39, 0.29) is 24.3 Å². The van der Waals surface area contributed by atoms with Gasteiger partial charge >= 0.3 is 6.09 Å². The van der Waals surface area contributed by atoms with Gasteiger partial charge in [-0.1, -0.05) is 65.9 Å². The summed E-state index contributed by atoms with van der Waals surface area (Å²) in [4.78, 5) is 36.3. The standard InChI is InChI=1S/C30H35N7O4S/c1-20(31-30(40)41-2)23-12-8-11-22(17-23)19-27(39)33-29-37-36-28(42-29)14-7-6-13-24-15-16-25(35-34-24)32-26(38)18-21-9-4-3-5-10-21/h3-5,8-12,15-17,20,34-35H,6-7,13-14,18-19H2,1-2H3,(H,31,40)(H,32,38)(H,33,37,39)/p+1. The molecule has 1 aromatic heterocycles. The third kappa shape index (κ3) is 9.82. The van der Waals surface area contributed by atoms with Gasteiger partial charge in [0.15, 0.2) is 0 Å². The Morgan fingerprint density at radius 1 is 0.929 bits per heavy atom. The number of aromatic nitrogens is 2. The number of carbonyl (C=O) groups is 3. The van der Waals surface area contributed by atoms with Crippen LogP contribution in [0.25, 0.3) is 0 Å². The van der Waals surface area contributed by atoms with Crippen LogP contribution < -0.4 is 26.8 Å². The molecule has 0 bridgehead atoms. The average molecular weight is 591 g/mol. The maximum Gasteiger partial charge on any atom is 0.407 e. The maximum absolute atomic E-state index is 12.6. The Labute approximate surface area is 248 Å². The van der Waals surface area contributed by atoms with Crippen molar-refractivity contribution in [2.75, 3.05) is 12.4 Å². The molecule has 1 atom stereocenters. The third-order valence-corrected chi connectivity index (χ3v) is 7.40. The van der Waals surface area contributed by atoms with Gasteiger partial charge in [-0.05, 0) is 49.0 Å². The van der Waals surface area contributed by atoms with Crippen LogP contribution in [0.3, 0.4) is 0 Å². The van der Waals surface area contributed by atoms with Crippen LogP contribution in [0.2, 0.25) is 0 Å². The number of alkyl carbamates (subject to hydrolysis) is 1. The van der Waals surface area contributed by atoms with Gasteiger partial charge in [-0.15, -0.1) is 10.2 Å². The minimum atomic E-state index is -0.508. The predicted octanol–water partition coefficient (Wildman–Crippen LogP) is 3.01. The molecule has 0 spiro atoms. The molecule has 11 nitrogen and oxygen atoms in total. The Kier molecular flexibility index (Phi) is 11.2. The van der Waals surface area contributed by atoms with Crippen molar-refractivity contribution in [3.63, 3.8) is 0 Å². The van der Waals surface area contributed by atoms with Crippen LogP contribution in [0, 0.1) is 0 Å². The van der Waals surface area contributed by atoms with E-state index >= 15 is 0 Å². The summed E-state index contributed by atoms with van der Waals surface area (Å²) in [6, 6.07) is 16.9. The number of hydrogen-bond donors (Lipinski definition) is 5. The number of rotatable bonds is 13. The minimum absolute atomic E-state index is 0.0520. The second-order valence-corrected chi connectivity index (χ2v) is 10.9. The van der Waals surface area contributed by atoms with Crippen molar-refractivity contribution < 1.29 is 24.5 Å². The molecule has 3 amide bonds. The molecule has 0 fully saturated rings. The smallest absolute Gasteiger partial charge is 0.407 e. The number of aryl methyl sites for hydroxylation is 1. The van der Waals surface area contributed by atoms with Crippen molar-refractivity contribution in [1.82, 2.24) is 26.3 Å². The van der Waals surface area contributed by atoms with E-state index in [1.165, 1.54) is 18.4 Å². The Bertz CT molecular complexity index is 1440. The van der Waals surface area contributed by atoms with Crippen LogP contribution >= 0.6 is 11.3 Å². The number of ether oxygens (including phenoxy) is 1. The molecule has 4 rings (SSSR count). The molecular formula is C30H36N7O4S+. The molecule has 0 aliphatic carbocycles. The first-order chi connectivity index (χ1) is 20.4. The lowest BCUT2D eigenvalue weighted by atomic mass is 10.0. The molecule has 1 unspecified atom stereocenters. The summed E-state index contributed by atoms with van der Waals surface area (Å²) in [5.74, 6) is 0.503. The molecule has 12 heteroatoms. The van der Waals surface area contributed by atoms with Gasteiger partial charge in [-0.3, -0.25) is 14.9 Å². The average Bonchev–Trinajstić information content (AvgIpc) is 3.43. The van der Waals surface area contributed by atoms with Crippen LogP contribution in [0.1, 0.15) is 53.9 Å². The van der Waals surface area contributed by atoms with Crippen LogP contribution in [-0.2, 0) is 33.6 Å². The largest absolute Gasteiger partial charge is 0.453 e. The van der Waals surface area contributed by atoms with Gasteiger partial charge in [-0.25, -0.2) is 10.2 Å². The number of nitrogens with zero attached hydrogens (tertiary/aromatic N) is 2.